The monoisotopic (exact) mass is 533 g/mol. The standard InChI is InChI=1S/C23H17ClFN3O7S/c1-4-34-22(30)18-11(10-26-28(18)14-8-9-36-20(14)23(31)33-3)19-16(21(29)32-2)17(27-35-19)15-12(24)6-5-7-13(15)25/h5-10H,4H2,1-3H3. The number of methoxy groups -OCH3 is 2. The van der Waals surface area contributed by atoms with E-state index in [1.807, 2.05) is 0 Å². The van der Waals surface area contributed by atoms with Gasteiger partial charge in [0, 0.05) is 0 Å². The van der Waals surface area contributed by atoms with E-state index in [0.717, 1.165) is 29.2 Å². The maximum atomic E-state index is 14.7. The van der Waals surface area contributed by atoms with Crippen molar-refractivity contribution >= 4 is 40.8 Å². The molecule has 1 aromatic carbocycles. The number of ether oxygens (including phenoxy) is 3. The van der Waals surface area contributed by atoms with E-state index < -0.39 is 23.7 Å². The molecule has 0 saturated heterocycles. The number of thiophene rings is 1. The van der Waals surface area contributed by atoms with Crippen LogP contribution in [0.4, 0.5) is 4.39 Å². The molecule has 186 valence electrons. The van der Waals surface area contributed by atoms with E-state index in [2.05, 4.69) is 10.3 Å². The van der Waals surface area contributed by atoms with Crippen molar-refractivity contribution in [3.8, 4) is 28.3 Å². The lowest BCUT2D eigenvalue weighted by Gasteiger charge is -2.09. The summed E-state index contributed by atoms with van der Waals surface area (Å²) in [6, 6.07) is 5.51. The Bertz CT molecular complexity index is 1460. The number of nitrogens with zero attached hydrogens (tertiary/aromatic N) is 3. The second kappa shape index (κ2) is 10.3. The van der Waals surface area contributed by atoms with E-state index in [1.54, 1.807) is 18.4 Å². The number of carbonyl (C=O) groups excluding carboxylic acids is 3. The van der Waals surface area contributed by atoms with Gasteiger partial charge in [-0.1, -0.05) is 22.8 Å². The van der Waals surface area contributed by atoms with Gasteiger partial charge in [0.1, 0.15) is 22.0 Å². The molecule has 0 unspecified atom stereocenters. The number of rotatable bonds is 7. The third-order valence-corrected chi connectivity index (χ3v) is 6.21. The molecule has 36 heavy (non-hydrogen) atoms. The van der Waals surface area contributed by atoms with Crippen molar-refractivity contribution in [2.75, 3.05) is 20.8 Å². The molecule has 0 spiro atoms. The maximum absolute atomic E-state index is 14.7. The largest absolute Gasteiger partial charge is 0.465 e. The van der Waals surface area contributed by atoms with Gasteiger partial charge in [0.15, 0.2) is 11.5 Å². The van der Waals surface area contributed by atoms with Gasteiger partial charge in [0.25, 0.3) is 0 Å². The van der Waals surface area contributed by atoms with Crippen LogP contribution in [0.2, 0.25) is 5.02 Å². The molecule has 10 nitrogen and oxygen atoms in total. The number of benzene rings is 1. The van der Waals surface area contributed by atoms with Gasteiger partial charge < -0.3 is 18.7 Å². The first-order valence-corrected chi connectivity index (χ1v) is 11.5. The number of hydrogen-bond acceptors (Lipinski definition) is 10. The predicted octanol–water partition coefficient (Wildman–Crippen LogP) is 4.80. The van der Waals surface area contributed by atoms with Crippen LogP contribution in [0.1, 0.15) is 37.4 Å². The molecule has 0 aliphatic rings. The van der Waals surface area contributed by atoms with E-state index in [-0.39, 0.29) is 56.0 Å². The molecule has 0 aliphatic heterocycles. The van der Waals surface area contributed by atoms with Gasteiger partial charge in [-0.25, -0.2) is 23.5 Å². The fraction of sp³-hybridized carbons (Fsp3) is 0.174. The van der Waals surface area contributed by atoms with Crippen molar-refractivity contribution in [3.63, 3.8) is 0 Å². The summed E-state index contributed by atoms with van der Waals surface area (Å²) in [6.45, 7) is 1.63. The zero-order valence-corrected chi connectivity index (χ0v) is 20.6. The maximum Gasteiger partial charge on any atom is 0.357 e. The third-order valence-electron chi connectivity index (χ3n) is 5.01. The van der Waals surface area contributed by atoms with Crippen LogP contribution < -0.4 is 0 Å². The van der Waals surface area contributed by atoms with E-state index in [9.17, 15) is 18.8 Å². The number of carbonyl (C=O) groups is 3. The minimum absolute atomic E-state index is 0.0120. The quantitative estimate of drug-likeness (QED) is 0.243. The zero-order valence-electron chi connectivity index (χ0n) is 19.0. The van der Waals surface area contributed by atoms with Crippen LogP contribution in [-0.2, 0) is 14.2 Å². The van der Waals surface area contributed by atoms with Crippen molar-refractivity contribution in [2.45, 2.75) is 6.92 Å². The van der Waals surface area contributed by atoms with Gasteiger partial charge >= 0.3 is 17.9 Å². The molecule has 0 fully saturated rings. The molecular weight excluding hydrogens is 517 g/mol. The molecule has 0 aliphatic carbocycles. The van der Waals surface area contributed by atoms with Crippen LogP contribution in [0.25, 0.3) is 28.3 Å². The molecule has 13 heteroatoms. The lowest BCUT2D eigenvalue weighted by molar-refractivity contribution is 0.0512. The fourth-order valence-corrected chi connectivity index (χ4v) is 4.51. The highest BCUT2D eigenvalue weighted by atomic mass is 35.5. The van der Waals surface area contributed by atoms with Crippen molar-refractivity contribution in [2.24, 2.45) is 0 Å². The predicted molar refractivity (Wildman–Crippen MR) is 126 cm³/mol. The van der Waals surface area contributed by atoms with Crippen LogP contribution >= 0.6 is 22.9 Å². The highest BCUT2D eigenvalue weighted by Crippen LogP contribution is 2.39. The number of halogens is 2. The van der Waals surface area contributed by atoms with Crippen molar-refractivity contribution in [1.82, 2.24) is 14.9 Å². The molecule has 0 amide bonds. The molecule has 0 bridgehead atoms. The normalized spacial score (nSPS) is 10.8. The topological polar surface area (TPSA) is 123 Å². The molecule has 0 atom stereocenters. The summed E-state index contributed by atoms with van der Waals surface area (Å²) in [6.07, 6.45) is 1.23. The fourth-order valence-electron chi connectivity index (χ4n) is 3.47. The summed E-state index contributed by atoms with van der Waals surface area (Å²) in [5, 5.41) is 9.69. The molecule has 3 aromatic heterocycles. The third kappa shape index (κ3) is 4.25. The Morgan fingerprint density at radius 3 is 2.56 bits per heavy atom. The minimum Gasteiger partial charge on any atom is -0.465 e. The van der Waals surface area contributed by atoms with Gasteiger partial charge in [0.05, 0.1) is 48.9 Å². The molecule has 0 N–H and O–H groups in total. The van der Waals surface area contributed by atoms with Gasteiger partial charge in [0.2, 0.25) is 0 Å². The Hall–Kier alpha value is -4.03. The first-order chi connectivity index (χ1) is 17.3. The molecular formula is C23H17ClFN3O7S. The van der Waals surface area contributed by atoms with E-state index >= 15 is 0 Å². The van der Waals surface area contributed by atoms with Gasteiger partial charge in [-0.05, 0) is 30.5 Å². The summed E-state index contributed by atoms with van der Waals surface area (Å²) in [7, 11) is 2.34. The van der Waals surface area contributed by atoms with Crippen molar-refractivity contribution in [1.29, 1.82) is 0 Å². The summed E-state index contributed by atoms with van der Waals surface area (Å²) < 4.78 is 36.2. The SMILES string of the molecule is CCOC(=O)c1c(-c2onc(-c3c(F)cccc3Cl)c2C(=O)OC)cnn1-c1ccsc1C(=O)OC. The first kappa shape index (κ1) is 25.1. The van der Waals surface area contributed by atoms with E-state index in [0.29, 0.717) is 0 Å². The number of esters is 3. The van der Waals surface area contributed by atoms with Crippen LogP contribution in [0.15, 0.2) is 40.4 Å². The van der Waals surface area contributed by atoms with Crippen LogP contribution in [0.3, 0.4) is 0 Å². The minimum atomic E-state index is -0.922. The first-order valence-electron chi connectivity index (χ1n) is 10.3. The second-order valence-corrected chi connectivity index (χ2v) is 8.31. The van der Waals surface area contributed by atoms with Gasteiger partial charge in [-0.2, -0.15) is 5.10 Å². The summed E-state index contributed by atoms with van der Waals surface area (Å²) in [5.41, 5.74) is -0.653. The van der Waals surface area contributed by atoms with Gasteiger partial charge in [-0.15, -0.1) is 11.3 Å². The summed E-state index contributed by atoms with van der Waals surface area (Å²) in [5.74, 6) is -3.38. The van der Waals surface area contributed by atoms with Crippen molar-refractivity contribution < 1.29 is 37.5 Å². The highest BCUT2D eigenvalue weighted by molar-refractivity contribution is 7.12. The van der Waals surface area contributed by atoms with Crippen LogP contribution in [-0.4, -0.2) is 53.7 Å². The van der Waals surface area contributed by atoms with Crippen LogP contribution in [0.5, 0.6) is 0 Å². The Morgan fingerprint density at radius 1 is 1.14 bits per heavy atom. The second-order valence-electron chi connectivity index (χ2n) is 6.99. The summed E-state index contributed by atoms with van der Waals surface area (Å²) >= 11 is 7.27. The van der Waals surface area contributed by atoms with E-state index in [4.69, 9.17) is 30.3 Å². The average molecular weight is 534 g/mol. The van der Waals surface area contributed by atoms with Gasteiger partial charge in [-0.3, -0.25) is 0 Å². The number of aromatic nitrogens is 3. The molecule has 0 saturated carbocycles. The molecule has 3 heterocycles. The Kier molecular flexibility index (Phi) is 7.17. The lowest BCUT2D eigenvalue weighted by Crippen LogP contribution is -2.15. The van der Waals surface area contributed by atoms with E-state index in [1.165, 1.54) is 25.4 Å². The Balaban J connectivity index is 2.00. The molecule has 0 radical (unpaired) electrons. The Morgan fingerprint density at radius 2 is 1.89 bits per heavy atom. The average Bonchev–Trinajstić information content (AvgIpc) is 3.60. The Labute approximate surface area is 212 Å². The van der Waals surface area contributed by atoms with Crippen LogP contribution in [0, 0.1) is 5.82 Å². The lowest BCUT2D eigenvalue weighted by atomic mass is 10.0. The molecule has 4 aromatic rings. The number of hydrogen-bond donors (Lipinski definition) is 0. The smallest absolute Gasteiger partial charge is 0.357 e. The highest BCUT2D eigenvalue weighted by Gasteiger charge is 2.34. The summed E-state index contributed by atoms with van der Waals surface area (Å²) in [4.78, 5) is 38.3. The zero-order chi connectivity index (χ0) is 26.0. The molecule has 4 rings (SSSR count). The van der Waals surface area contributed by atoms with Crippen molar-refractivity contribution in [3.05, 3.63) is 62.8 Å².